The van der Waals surface area contributed by atoms with Crippen molar-refractivity contribution in [3.8, 4) is 0 Å². The molecule has 3 N–H and O–H groups in total. The molecule has 1 aromatic heterocycles. The number of fused-ring (bicyclic) bond motifs is 1. The molecule has 2 rings (SSSR count). The molecule has 5 heteroatoms. The Morgan fingerprint density at radius 3 is 2.74 bits per heavy atom. The van der Waals surface area contributed by atoms with Crippen LogP contribution in [0.2, 0.25) is 25.7 Å². The monoisotopic (exact) mass is 277 g/mol. The number of nitrogens with one attached hydrogen (secondary N) is 1. The lowest BCUT2D eigenvalue weighted by Gasteiger charge is -2.15. The van der Waals surface area contributed by atoms with Gasteiger partial charge in [-0.25, -0.2) is 0 Å². The Bertz CT molecular complexity index is 572. The van der Waals surface area contributed by atoms with Crippen LogP contribution in [0, 0.1) is 6.92 Å². The fraction of sp³-hybridized carbons (Fsp3) is 0.500. The quantitative estimate of drug-likeness (QED) is 0.500. The van der Waals surface area contributed by atoms with Crippen molar-refractivity contribution >= 4 is 24.7 Å². The number of H-pyrrole nitrogens is 1. The minimum absolute atomic E-state index is 0.604. The largest absolute Gasteiger partial charge is 0.399 e. The summed E-state index contributed by atoms with van der Waals surface area (Å²) in [6.07, 6.45) is 0. The van der Waals surface area contributed by atoms with Crippen LogP contribution in [0.5, 0.6) is 0 Å². The van der Waals surface area contributed by atoms with E-state index in [-0.39, 0.29) is 0 Å². The molecule has 0 aliphatic rings. The van der Waals surface area contributed by atoms with E-state index in [9.17, 15) is 0 Å². The van der Waals surface area contributed by atoms with Crippen LogP contribution in [0.15, 0.2) is 12.1 Å². The highest BCUT2D eigenvalue weighted by molar-refractivity contribution is 6.76. The lowest BCUT2D eigenvalue weighted by atomic mass is 10.1. The summed E-state index contributed by atoms with van der Waals surface area (Å²) in [6.45, 7) is 10.5. The van der Waals surface area contributed by atoms with Gasteiger partial charge >= 0.3 is 0 Å². The zero-order valence-electron chi connectivity index (χ0n) is 12.2. The first-order valence-electron chi connectivity index (χ1n) is 6.68. The zero-order chi connectivity index (χ0) is 14.0. The van der Waals surface area contributed by atoms with Crippen molar-refractivity contribution in [3.63, 3.8) is 0 Å². The Morgan fingerprint density at radius 2 is 2.05 bits per heavy atom. The summed E-state index contributed by atoms with van der Waals surface area (Å²) in [5.41, 5.74) is 9.75. The molecule has 19 heavy (non-hydrogen) atoms. The van der Waals surface area contributed by atoms with E-state index in [1.54, 1.807) is 0 Å². The van der Waals surface area contributed by atoms with E-state index in [2.05, 4.69) is 29.8 Å². The Labute approximate surface area is 115 Å². The maximum absolute atomic E-state index is 5.90. The van der Waals surface area contributed by atoms with Crippen LogP contribution in [0.25, 0.3) is 10.9 Å². The van der Waals surface area contributed by atoms with Gasteiger partial charge in [-0.1, -0.05) is 19.6 Å². The van der Waals surface area contributed by atoms with Crippen molar-refractivity contribution in [2.75, 3.05) is 12.3 Å². The van der Waals surface area contributed by atoms with Gasteiger partial charge in [0.2, 0.25) is 0 Å². The number of ether oxygens (including phenoxy) is 1. The van der Waals surface area contributed by atoms with E-state index >= 15 is 0 Å². The zero-order valence-corrected chi connectivity index (χ0v) is 13.2. The number of nitrogen functional groups attached to an aromatic ring is 1. The molecule has 1 heterocycles. The van der Waals surface area contributed by atoms with Crippen molar-refractivity contribution in [1.82, 2.24) is 10.2 Å². The molecule has 0 saturated heterocycles. The van der Waals surface area contributed by atoms with Gasteiger partial charge in [-0.15, -0.1) is 0 Å². The molecule has 0 fully saturated rings. The summed E-state index contributed by atoms with van der Waals surface area (Å²) in [5, 5.41) is 8.40. The van der Waals surface area contributed by atoms with Crippen LogP contribution in [-0.4, -0.2) is 24.9 Å². The predicted molar refractivity (Wildman–Crippen MR) is 83.1 cm³/mol. The van der Waals surface area contributed by atoms with Crippen LogP contribution in [0.3, 0.4) is 0 Å². The van der Waals surface area contributed by atoms with E-state index in [0.717, 1.165) is 34.5 Å². The third-order valence-electron chi connectivity index (χ3n) is 3.19. The van der Waals surface area contributed by atoms with Gasteiger partial charge in [0.15, 0.2) is 0 Å². The van der Waals surface area contributed by atoms with Gasteiger partial charge in [-0.2, -0.15) is 5.10 Å². The normalized spacial score (nSPS) is 12.2. The summed E-state index contributed by atoms with van der Waals surface area (Å²) in [7, 11) is -1.03. The number of aromatic nitrogens is 2. The Morgan fingerprint density at radius 1 is 1.32 bits per heavy atom. The number of aryl methyl sites for hydroxylation is 1. The molecule has 4 nitrogen and oxygen atoms in total. The lowest BCUT2D eigenvalue weighted by Crippen LogP contribution is -2.21. The molecular formula is C14H23N3OSi. The van der Waals surface area contributed by atoms with Gasteiger partial charge in [0.25, 0.3) is 0 Å². The number of benzene rings is 1. The Hall–Kier alpha value is -1.33. The smallest absolute Gasteiger partial charge is 0.0947 e. The van der Waals surface area contributed by atoms with Crippen molar-refractivity contribution in [2.24, 2.45) is 0 Å². The molecule has 0 unspecified atom stereocenters. The second-order valence-corrected chi connectivity index (χ2v) is 11.9. The molecule has 0 saturated carbocycles. The van der Waals surface area contributed by atoms with Crippen LogP contribution in [0.4, 0.5) is 5.69 Å². The SMILES string of the molecule is Cc1[nH]nc2cc(N)cc(COCC[Si](C)(C)C)c12. The number of anilines is 1. The van der Waals surface area contributed by atoms with E-state index < -0.39 is 8.07 Å². The summed E-state index contributed by atoms with van der Waals surface area (Å²) >= 11 is 0. The van der Waals surface area contributed by atoms with Crippen molar-refractivity contribution < 1.29 is 4.74 Å². The number of rotatable bonds is 5. The fourth-order valence-corrected chi connectivity index (χ4v) is 2.86. The maximum Gasteiger partial charge on any atom is 0.0947 e. The molecule has 0 aliphatic heterocycles. The topological polar surface area (TPSA) is 63.9 Å². The standard InChI is InChI=1S/C14H23N3OSi/c1-10-14-11(9-18-5-6-19(2,3)4)7-12(15)8-13(14)17-16-10/h7-8H,5-6,9,15H2,1-4H3,(H,16,17). The van der Waals surface area contributed by atoms with Crippen LogP contribution in [0.1, 0.15) is 11.3 Å². The molecule has 0 spiro atoms. The minimum atomic E-state index is -1.03. The van der Waals surface area contributed by atoms with Gasteiger partial charge in [-0.05, 0) is 30.7 Å². The fourth-order valence-electron chi connectivity index (χ4n) is 2.10. The summed E-state index contributed by atoms with van der Waals surface area (Å²) in [6, 6.07) is 5.06. The second kappa shape index (κ2) is 5.34. The van der Waals surface area contributed by atoms with Gasteiger partial charge in [0.1, 0.15) is 0 Å². The van der Waals surface area contributed by atoms with E-state index in [1.165, 1.54) is 6.04 Å². The molecule has 0 radical (unpaired) electrons. The van der Waals surface area contributed by atoms with Crippen molar-refractivity contribution in [2.45, 2.75) is 39.2 Å². The predicted octanol–water partition coefficient (Wildman–Crippen LogP) is 3.31. The average molecular weight is 277 g/mol. The molecule has 1 aromatic carbocycles. The Kier molecular flexibility index (Phi) is 3.96. The maximum atomic E-state index is 5.90. The third kappa shape index (κ3) is 3.58. The number of hydrogen-bond donors (Lipinski definition) is 2. The lowest BCUT2D eigenvalue weighted by molar-refractivity contribution is 0.134. The molecule has 0 aliphatic carbocycles. The molecule has 104 valence electrons. The highest BCUT2D eigenvalue weighted by atomic mass is 28.3. The summed E-state index contributed by atoms with van der Waals surface area (Å²) in [4.78, 5) is 0. The number of nitrogens with zero attached hydrogens (tertiary/aromatic N) is 1. The highest BCUT2D eigenvalue weighted by Crippen LogP contribution is 2.24. The molecular weight excluding hydrogens is 254 g/mol. The van der Waals surface area contributed by atoms with Gasteiger partial charge in [-0.3, -0.25) is 5.10 Å². The average Bonchev–Trinajstić information content (AvgIpc) is 2.65. The number of aromatic amines is 1. The second-order valence-electron chi connectivity index (χ2n) is 6.29. The van der Waals surface area contributed by atoms with Crippen LogP contribution >= 0.6 is 0 Å². The minimum Gasteiger partial charge on any atom is -0.399 e. The van der Waals surface area contributed by atoms with Crippen molar-refractivity contribution in [3.05, 3.63) is 23.4 Å². The van der Waals surface area contributed by atoms with Crippen LogP contribution < -0.4 is 5.73 Å². The third-order valence-corrected chi connectivity index (χ3v) is 4.90. The number of hydrogen-bond acceptors (Lipinski definition) is 3. The van der Waals surface area contributed by atoms with Gasteiger partial charge in [0, 0.05) is 31.4 Å². The first kappa shape index (κ1) is 14.1. The first-order valence-corrected chi connectivity index (χ1v) is 10.4. The van der Waals surface area contributed by atoms with Crippen LogP contribution in [-0.2, 0) is 11.3 Å². The summed E-state index contributed by atoms with van der Waals surface area (Å²) in [5.74, 6) is 0. The molecule has 2 aromatic rings. The van der Waals surface area contributed by atoms with E-state index in [1.807, 2.05) is 19.1 Å². The van der Waals surface area contributed by atoms with Gasteiger partial charge in [0.05, 0.1) is 12.1 Å². The molecule has 0 bridgehead atoms. The molecule has 0 atom stereocenters. The Balaban J connectivity index is 2.10. The highest BCUT2D eigenvalue weighted by Gasteiger charge is 2.13. The van der Waals surface area contributed by atoms with E-state index in [4.69, 9.17) is 10.5 Å². The number of nitrogens with two attached hydrogens (primary N) is 1. The molecule has 0 amide bonds. The van der Waals surface area contributed by atoms with Crippen molar-refractivity contribution in [1.29, 1.82) is 0 Å². The first-order chi connectivity index (χ1) is 8.87. The van der Waals surface area contributed by atoms with Gasteiger partial charge < -0.3 is 10.5 Å². The van der Waals surface area contributed by atoms with E-state index in [0.29, 0.717) is 6.61 Å². The summed E-state index contributed by atoms with van der Waals surface area (Å²) < 4.78 is 5.82.